The normalized spacial score (nSPS) is 17.5. The molecule has 0 aromatic heterocycles. The molecule has 159 valence electrons. The van der Waals surface area contributed by atoms with Gasteiger partial charge in [-0.25, -0.2) is 0 Å². The van der Waals surface area contributed by atoms with Crippen molar-refractivity contribution in [2.24, 2.45) is 11.7 Å². The van der Waals surface area contributed by atoms with Crippen molar-refractivity contribution in [3.05, 3.63) is 24.3 Å². The molecule has 0 bridgehead atoms. The zero-order chi connectivity index (χ0) is 21.2. The van der Waals surface area contributed by atoms with Crippen LogP contribution in [-0.2, 0) is 19.0 Å². The number of nitrogens with two attached hydrogens (primary N) is 1. The van der Waals surface area contributed by atoms with E-state index in [0.29, 0.717) is 44.4 Å². The van der Waals surface area contributed by atoms with E-state index in [1.807, 2.05) is 49.9 Å². The second-order valence-corrected chi connectivity index (χ2v) is 6.96. The molecule has 2 atom stereocenters. The van der Waals surface area contributed by atoms with E-state index in [9.17, 15) is 4.79 Å². The molecule has 8 nitrogen and oxygen atoms in total. The molecule has 1 saturated heterocycles. The molecule has 1 aromatic rings. The van der Waals surface area contributed by atoms with Gasteiger partial charge in [0.05, 0.1) is 0 Å². The van der Waals surface area contributed by atoms with E-state index in [1.54, 1.807) is 0 Å². The monoisotopic (exact) mass is 405 g/mol. The molecular formula is C20H30BN2O6. The third-order valence-electron chi connectivity index (χ3n) is 4.42. The number of morpholine rings is 1. The van der Waals surface area contributed by atoms with Crippen LogP contribution < -0.4 is 15.2 Å². The summed E-state index contributed by atoms with van der Waals surface area (Å²) in [6.45, 7) is 7.75. The third-order valence-corrected chi connectivity index (χ3v) is 4.42. The van der Waals surface area contributed by atoms with Gasteiger partial charge in [-0.15, -0.1) is 0 Å². The van der Waals surface area contributed by atoms with Crippen LogP contribution >= 0.6 is 0 Å². The Morgan fingerprint density at radius 1 is 1.28 bits per heavy atom. The molecule has 0 saturated carbocycles. The average Bonchev–Trinajstić information content (AvgIpc) is 2.72. The number of carbonyl (C=O) groups is 1. The van der Waals surface area contributed by atoms with Crippen LogP contribution in [-0.4, -0.2) is 76.0 Å². The van der Waals surface area contributed by atoms with E-state index < -0.39 is 12.0 Å². The molecule has 1 aliphatic heterocycles. The summed E-state index contributed by atoms with van der Waals surface area (Å²) < 4.78 is 27.5. The Morgan fingerprint density at radius 3 is 2.62 bits per heavy atom. The van der Waals surface area contributed by atoms with E-state index in [1.165, 1.54) is 0 Å². The van der Waals surface area contributed by atoms with Gasteiger partial charge in [0.15, 0.2) is 0 Å². The second-order valence-electron chi connectivity index (χ2n) is 6.96. The average molecular weight is 405 g/mol. The first-order valence-corrected chi connectivity index (χ1v) is 9.81. The van der Waals surface area contributed by atoms with Gasteiger partial charge in [-0.1, -0.05) is 0 Å². The summed E-state index contributed by atoms with van der Waals surface area (Å²) >= 11 is 0. The van der Waals surface area contributed by atoms with Crippen molar-refractivity contribution in [2.45, 2.75) is 32.9 Å². The number of rotatable bonds is 11. The fourth-order valence-corrected chi connectivity index (χ4v) is 2.65. The molecule has 0 aliphatic carbocycles. The van der Waals surface area contributed by atoms with Crippen molar-refractivity contribution in [1.82, 2.24) is 4.90 Å². The van der Waals surface area contributed by atoms with E-state index in [2.05, 4.69) is 0 Å². The molecule has 1 radical (unpaired) electrons. The van der Waals surface area contributed by atoms with Crippen LogP contribution in [0.2, 0.25) is 0 Å². The second kappa shape index (κ2) is 11.7. The van der Waals surface area contributed by atoms with Crippen LogP contribution in [0.25, 0.3) is 0 Å². The number of hydrogen-bond acceptors (Lipinski definition) is 8. The standard InChI is InChI=1S/C20H30BN2O6/c1-4-25-16-7-5-6-8-17(16)27-12-15-11-23(9-10-26-15)20(21)29-13-28-19(24)18(22)14(2)3/h5-8,14-15,18H,4,9-13,22H2,1-3H3. The molecule has 2 unspecified atom stereocenters. The fourth-order valence-electron chi connectivity index (χ4n) is 2.65. The van der Waals surface area contributed by atoms with Crippen LogP contribution in [0.4, 0.5) is 0 Å². The van der Waals surface area contributed by atoms with Crippen LogP contribution in [0.3, 0.4) is 0 Å². The van der Waals surface area contributed by atoms with Crippen molar-refractivity contribution in [2.75, 3.05) is 39.7 Å². The van der Waals surface area contributed by atoms with Crippen LogP contribution in [0, 0.1) is 5.92 Å². The van der Waals surface area contributed by atoms with Crippen molar-refractivity contribution in [3.8, 4) is 11.5 Å². The summed E-state index contributed by atoms with van der Waals surface area (Å²) in [5.41, 5.74) is 5.73. The third kappa shape index (κ3) is 7.25. The zero-order valence-corrected chi connectivity index (χ0v) is 17.3. The van der Waals surface area contributed by atoms with Gasteiger partial charge in [0.25, 0.3) is 0 Å². The summed E-state index contributed by atoms with van der Waals surface area (Å²) in [6.07, 6.45) is -0.197. The minimum absolute atomic E-state index is 0.0170. The fraction of sp³-hybridized carbons (Fsp3) is 0.600. The molecule has 2 N–H and O–H groups in total. The summed E-state index contributed by atoms with van der Waals surface area (Å²) in [5, 5.41) is 0. The molecule has 0 amide bonds. The van der Waals surface area contributed by atoms with E-state index in [4.69, 9.17) is 36.9 Å². The van der Waals surface area contributed by atoms with Gasteiger partial charge in [-0.2, -0.15) is 0 Å². The Bertz CT molecular complexity index is 672. The van der Waals surface area contributed by atoms with Gasteiger partial charge in [0.2, 0.25) is 0 Å². The molecule has 29 heavy (non-hydrogen) atoms. The van der Waals surface area contributed by atoms with Crippen LogP contribution in [0.1, 0.15) is 20.8 Å². The van der Waals surface area contributed by atoms with Gasteiger partial charge in [-0.05, 0) is 0 Å². The minimum atomic E-state index is -0.690. The van der Waals surface area contributed by atoms with Gasteiger partial charge < -0.3 is 0 Å². The van der Waals surface area contributed by atoms with E-state index in [0.717, 1.165) is 0 Å². The molecule has 2 rings (SSSR count). The Morgan fingerprint density at radius 2 is 1.97 bits per heavy atom. The van der Waals surface area contributed by atoms with Gasteiger partial charge in [-0.3, -0.25) is 0 Å². The zero-order valence-electron chi connectivity index (χ0n) is 17.3. The van der Waals surface area contributed by atoms with Crippen molar-refractivity contribution in [3.63, 3.8) is 0 Å². The molecule has 9 heteroatoms. The topological polar surface area (TPSA) is 92.5 Å². The molecule has 1 fully saturated rings. The van der Waals surface area contributed by atoms with Gasteiger partial charge in [0, 0.05) is 0 Å². The summed E-state index contributed by atoms with van der Waals surface area (Å²) in [6, 6.07) is 6.80. The van der Waals surface area contributed by atoms with Crippen LogP contribution in [0.5, 0.6) is 11.5 Å². The van der Waals surface area contributed by atoms with Crippen molar-refractivity contribution in [1.29, 1.82) is 0 Å². The first-order chi connectivity index (χ1) is 13.9. The van der Waals surface area contributed by atoms with E-state index in [-0.39, 0.29) is 24.6 Å². The number of hydrogen-bond donors (Lipinski definition) is 1. The number of para-hydroxylation sites is 2. The number of ether oxygens (including phenoxy) is 5. The quantitative estimate of drug-likeness (QED) is 0.330. The molecule has 1 aromatic carbocycles. The molecule has 1 heterocycles. The number of carbonyl (C=O) groups excluding carboxylic acids is 1. The van der Waals surface area contributed by atoms with Crippen LogP contribution in [0.15, 0.2) is 24.3 Å². The number of esters is 1. The molecule has 0 spiro atoms. The predicted molar refractivity (Wildman–Crippen MR) is 110 cm³/mol. The predicted octanol–water partition coefficient (Wildman–Crippen LogP) is 0.921. The summed E-state index contributed by atoms with van der Waals surface area (Å²) in [5.74, 6) is 0.986. The Kier molecular flexibility index (Phi) is 9.27. The first kappa shape index (κ1) is 23.0. The molecular weight excluding hydrogens is 375 g/mol. The number of nitrogens with zero attached hydrogens (tertiary/aromatic N) is 1. The maximum atomic E-state index is 11.8. The summed E-state index contributed by atoms with van der Waals surface area (Å²) in [4.78, 5) is 13.6. The molecule has 1 aliphatic rings. The maximum absolute atomic E-state index is 11.8. The number of benzene rings is 1. The Hall–Kier alpha value is -2.26. The summed E-state index contributed by atoms with van der Waals surface area (Å²) in [7, 11) is 5.99. The van der Waals surface area contributed by atoms with Gasteiger partial charge >= 0.3 is 173 Å². The SMILES string of the molecule is [B]=C(OCOC(=O)C(N)C(C)C)N1CCOC(COc2ccccc2OCC)C1. The van der Waals surface area contributed by atoms with Crippen molar-refractivity contribution >= 4 is 19.2 Å². The first-order valence-electron chi connectivity index (χ1n) is 9.81. The Labute approximate surface area is 173 Å². The van der Waals surface area contributed by atoms with E-state index >= 15 is 0 Å². The Balaban J connectivity index is 1.77. The van der Waals surface area contributed by atoms with Gasteiger partial charge in [0.1, 0.15) is 0 Å². The van der Waals surface area contributed by atoms with Crippen molar-refractivity contribution < 1.29 is 28.5 Å².